The van der Waals surface area contributed by atoms with Crippen molar-refractivity contribution < 1.29 is 22.7 Å². The maximum atomic E-state index is 12.6. The van der Waals surface area contributed by atoms with Gasteiger partial charge in [0.2, 0.25) is 15.9 Å². The van der Waals surface area contributed by atoms with E-state index in [0.29, 0.717) is 18.9 Å². The van der Waals surface area contributed by atoms with Crippen molar-refractivity contribution in [3.8, 4) is 11.5 Å². The maximum Gasteiger partial charge on any atom is 0.246 e. The molecule has 0 aliphatic carbocycles. The van der Waals surface area contributed by atoms with Gasteiger partial charge in [-0.25, -0.2) is 12.7 Å². The normalized spacial score (nSPS) is 11.3. The van der Waals surface area contributed by atoms with E-state index in [1.807, 2.05) is 31.2 Å². The second-order valence-electron chi connectivity index (χ2n) is 6.18. The zero-order valence-corrected chi connectivity index (χ0v) is 17.4. The van der Waals surface area contributed by atoms with Gasteiger partial charge in [-0.05, 0) is 49.7 Å². The average Bonchev–Trinajstić information content (AvgIpc) is 2.64. The Morgan fingerprint density at radius 2 is 1.64 bits per heavy atom. The highest BCUT2D eigenvalue weighted by Crippen LogP contribution is 2.29. The van der Waals surface area contributed by atoms with Crippen LogP contribution in [0.3, 0.4) is 0 Å². The van der Waals surface area contributed by atoms with Crippen LogP contribution in [0, 0.1) is 0 Å². The summed E-state index contributed by atoms with van der Waals surface area (Å²) in [7, 11) is -0.821. The summed E-state index contributed by atoms with van der Waals surface area (Å²) in [6.45, 7) is 4.59. The Morgan fingerprint density at radius 3 is 2.21 bits per heavy atom. The smallest absolute Gasteiger partial charge is 0.246 e. The van der Waals surface area contributed by atoms with Crippen molar-refractivity contribution in [2.24, 2.45) is 0 Å². The van der Waals surface area contributed by atoms with Crippen molar-refractivity contribution >= 4 is 21.6 Å². The van der Waals surface area contributed by atoms with Crippen molar-refractivity contribution in [2.45, 2.75) is 25.2 Å². The molecule has 0 fully saturated rings. The van der Waals surface area contributed by atoms with E-state index in [2.05, 4.69) is 5.32 Å². The molecule has 7 nitrogen and oxygen atoms in total. The van der Waals surface area contributed by atoms with Crippen molar-refractivity contribution in [3.63, 3.8) is 0 Å². The molecule has 0 radical (unpaired) electrons. The molecule has 0 aromatic heterocycles. The van der Waals surface area contributed by atoms with Gasteiger partial charge in [0.25, 0.3) is 0 Å². The zero-order valence-electron chi connectivity index (χ0n) is 16.6. The number of amides is 1. The fraction of sp³-hybridized carbons (Fsp3) is 0.350. The molecule has 2 aromatic carbocycles. The van der Waals surface area contributed by atoms with Crippen molar-refractivity contribution in [3.05, 3.63) is 48.0 Å². The quantitative estimate of drug-likeness (QED) is 0.692. The van der Waals surface area contributed by atoms with Crippen LogP contribution in [0.1, 0.15) is 19.4 Å². The number of ether oxygens (including phenoxy) is 2. The summed E-state index contributed by atoms with van der Waals surface area (Å²) in [6.07, 6.45) is 0.162. The van der Waals surface area contributed by atoms with Gasteiger partial charge in [0.05, 0.1) is 19.6 Å². The second-order valence-corrected chi connectivity index (χ2v) is 8.30. The maximum absolute atomic E-state index is 12.6. The first kappa shape index (κ1) is 21.7. The monoisotopic (exact) mass is 406 g/mol. The highest BCUT2D eigenvalue weighted by atomic mass is 32.2. The van der Waals surface area contributed by atoms with E-state index in [9.17, 15) is 13.2 Å². The summed E-state index contributed by atoms with van der Waals surface area (Å²) in [5, 5.41) is 2.74. The number of sulfonamides is 1. The first-order chi connectivity index (χ1) is 13.3. The van der Waals surface area contributed by atoms with Gasteiger partial charge >= 0.3 is 0 Å². The molecule has 0 atom stereocenters. The number of carbonyl (C=O) groups excluding carboxylic acids is 1. The molecule has 0 bridgehead atoms. The topological polar surface area (TPSA) is 84.9 Å². The number of carbonyl (C=O) groups is 1. The largest absolute Gasteiger partial charge is 0.494 e. The van der Waals surface area contributed by atoms with E-state index in [4.69, 9.17) is 9.47 Å². The summed E-state index contributed by atoms with van der Waals surface area (Å²) in [4.78, 5) is 12.4. The third-order valence-electron chi connectivity index (χ3n) is 3.88. The lowest BCUT2D eigenvalue weighted by Crippen LogP contribution is -2.23. The average molecular weight is 407 g/mol. The van der Waals surface area contributed by atoms with Crippen LogP contribution in [0.25, 0.3) is 0 Å². The number of hydrogen-bond acceptors (Lipinski definition) is 5. The van der Waals surface area contributed by atoms with Crippen LogP contribution in [0.4, 0.5) is 5.69 Å². The number of rotatable bonds is 9. The molecule has 1 N–H and O–H groups in total. The molecule has 152 valence electrons. The Morgan fingerprint density at radius 1 is 1.00 bits per heavy atom. The molecule has 0 spiro atoms. The Bertz CT molecular complexity index is 909. The molecule has 8 heteroatoms. The summed E-state index contributed by atoms with van der Waals surface area (Å²) in [5.41, 5.74) is 1.22. The Balaban J connectivity index is 2.17. The number of nitrogens with zero attached hydrogens (tertiary/aromatic N) is 1. The van der Waals surface area contributed by atoms with Crippen LogP contribution in [0.2, 0.25) is 0 Å². The van der Waals surface area contributed by atoms with E-state index >= 15 is 0 Å². The van der Waals surface area contributed by atoms with Crippen molar-refractivity contribution in [2.75, 3.05) is 32.6 Å². The lowest BCUT2D eigenvalue weighted by atomic mass is 10.1. The molecule has 2 aromatic rings. The van der Waals surface area contributed by atoms with Gasteiger partial charge in [-0.3, -0.25) is 4.79 Å². The summed E-state index contributed by atoms with van der Waals surface area (Å²) >= 11 is 0. The van der Waals surface area contributed by atoms with Crippen LogP contribution < -0.4 is 14.8 Å². The van der Waals surface area contributed by atoms with E-state index in [-0.39, 0.29) is 23.0 Å². The number of anilines is 1. The summed E-state index contributed by atoms with van der Waals surface area (Å²) in [5.74, 6) is 0.749. The van der Waals surface area contributed by atoms with Crippen molar-refractivity contribution in [1.29, 1.82) is 0 Å². The Hall–Kier alpha value is -2.58. The predicted molar refractivity (Wildman–Crippen MR) is 108 cm³/mol. The van der Waals surface area contributed by atoms with Crippen LogP contribution in [-0.4, -0.2) is 45.9 Å². The minimum atomic E-state index is -3.71. The lowest BCUT2D eigenvalue weighted by molar-refractivity contribution is -0.115. The standard InChI is InChI=1S/C20H26N2O5S/c1-5-26-17-10-7-15(8-11-17)13-20(23)21-16-9-12-18(27-6-2)19(14-16)28(24,25)22(3)4/h7-12,14H,5-6,13H2,1-4H3,(H,21,23). The molecule has 0 aliphatic rings. The summed E-state index contributed by atoms with van der Waals surface area (Å²) < 4.78 is 37.0. The van der Waals surface area contributed by atoms with E-state index < -0.39 is 10.0 Å². The second kappa shape index (κ2) is 9.57. The molecule has 0 aliphatic heterocycles. The highest BCUT2D eigenvalue weighted by molar-refractivity contribution is 7.89. The Kier molecular flexibility index (Phi) is 7.42. The van der Waals surface area contributed by atoms with Crippen LogP contribution in [0.5, 0.6) is 11.5 Å². The molecule has 0 unspecified atom stereocenters. The van der Waals surface area contributed by atoms with Gasteiger partial charge in [-0.2, -0.15) is 0 Å². The first-order valence-corrected chi connectivity index (χ1v) is 10.4. The predicted octanol–water partition coefficient (Wildman–Crippen LogP) is 2.92. The third kappa shape index (κ3) is 5.46. The molecular weight excluding hydrogens is 380 g/mol. The molecule has 0 saturated carbocycles. The number of hydrogen-bond donors (Lipinski definition) is 1. The van der Waals surface area contributed by atoms with Gasteiger partial charge in [-0.1, -0.05) is 12.1 Å². The van der Waals surface area contributed by atoms with Crippen molar-refractivity contribution in [1.82, 2.24) is 4.31 Å². The minimum absolute atomic E-state index is 0.0122. The molecule has 0 heterocycles. The summed E-state index contributed by atoms with van der Waals surface area (Å²) in [6, 6.07) is 11.9. The molecule has 2 rings (SSSR count). The number of nitrogens with one attached hydrogen (secondary N) is 1. The third-order valence-corrected chi connectivity index (χ3v) is 5.72. The fourth-order valence-corrected chi connectivity index (χ4v) is 3.57. The zero-order chi connectivity index (χ0) is 20.7. The van der Waals surface area contributed by atoms with Gasteiger partial charge < -0.3 is 14.8 Å². The number of benzene rings is 2. The first-order valence-electron chi connectivity index (χ1n) is 8.98. The minimum Gasteiger partial charge on any atom is -0.494 e. The van der Waals surface area contributed by atoms with E-state index in [0.717, 1.165) is 15.6 Å². The highest BCUT2D eigenvalue weighted by Gasteiger charge is 2.23. The molecular formula is C20H26N2O5S. The van der Waals surface area contributed by atoms with Gasteiger partial charge in [0.15, 0.2) is 0 Å². The lowest BCUT2D eigenvalue weighted by Gasteiger charge is -2.16. The molecule has 0 saturated heterocycles. The molecule has 28 heavy (non-hydrogen) atoms. The molecule has 1 amide bonds. The fourth-order valence-electron chi connectivity index (χ4n) is 2.52. The van der Waals surface area contributed by atoms with Crippen LogP contribution in [0.15, 0.2) is 47.4 Å². The van der Waals surface area contributed by atoms with Gasteiger partial charge in [0.1, 0.15) is 16.4 Å². The van der Waals surface area contributed by atoms with E-state index in [1.54, 1.807) is 19.1 Å². The SMILES string of the molecule is CCOc1ccc(CC(=O)Nc2ccc(OCC)c(S(=O)(=O)N(C)C)c2)cc1. The van der Waals surface area contributed by atoms with Gasteiger partial charge in [0, 0.05) is 19.8 Å². The Labute approximate surface area is 166 Å². The van der Waals surface area contributed by atoms with E-state index in [1.165, 1.54) is 20.2 Å². The van der Waals surface area contributed by atoms with Crippen LogP contribution >= 0.6 is 0 Å². The van der Waals surface area contributed by atoms with Gasteiger partial charge in [-0.15, -0.1) is 0 Å². The van der Waals surface area contributed by atoms with Crippen LogP contribution in [-0.2, 0) is 21.2 Å².